The second-order valence-corrected chi connectivity index (χ2v) is 7.07. The number of ether oxygens (including phenoxy) is 1. The minimum absolute atomic E-state index is 0.0269. The molecule has 0 aromatic carbocycles. The summed E-state index contributed by atoms with van der Waals surface area (Å²) in [5.74, 6) is 0.702. The molecule has 156 valence electrons. The van der Waals surface area contributed by atoms with Crippen LogP contribution in [0.5, 0.6) is 0 Å². The highest BCUT2D eigenvalue weighted by atomic mass is 16.5. The molecule has 2 aliphatic carbocycles. The van der Waals surface area contributed by atoms with E-state index in [1.807, 2.05) is 30.2 Å². The van der Waals surface area contributed by atoms with Crippen LogP contribution >= 0.6 is 0 Å². The maximum Gasteiger partial charge on any atom is 0.249 e. The van der Waals surface area contributed by atoms with Crippen LogP contribution in [0, 0.1) is 22.7 Å². The van der Waals surface area contributed by atoms with Crippen molar-refractivity contribution in [2.75, 3.05) is 25.1 Å². The molecule has 1 fully saturated rings. The van der Waals surface area contributed by atoms with E-state index in [0.29, 0.717) is 5.56 Å². The Labute approximate surface area is 178 Å². The van der Waals surface area contributed by atoms with E-state index < -0.39 is 0 Å². The van der Waals surface area contributed by atoms with Crippen LogP contribution in [0.15, 0.2) is 54.4 Å². The molecular weight excluding hydrogens is 378 g/mol. The third-order valence-electron chi connectivity index (χ3n) is 4.97. The number of nitrogens with one attached hydrogen (secondary N) is 1. The van der Waals surface area contributed by atoms with Gasteiger partial charge in [-0.1, -0.05) is 12.7 Å². The highest BCUT2D eigenvalue weighted by Crippen LogP contribution is 2.47. The van der Waals surface area contributed by atoms with Gasteiger partial charge in [-0.3, -0.25) is 4.79 Å². The molecule has 1 aromatic heterocycles. The molecule has 0 bridgehead atoms. The van der Waals surface area contributed by atoms with Crippen LogP contribution in [0.3, 0.4) is 0 Å². The largest absolute Gasteiger partial charge is 0.360 e. The Morgan fingerprint density at radius 3 is 2.70 bits per heavy atom. The third kappa shape index (κ3) is 6.30. The monoisotopic (exact) mass is 405 g/mol. The fourth-order valence-corrected chi connectivity index (χ4v) is 2.94. The number of carbonyl (C=O) groups is 1. The molecule has 1 aromatic rings. The molecule has 0 radical (unpaired) electrons. The van der Waals surface area contributed by atoms with Crippen molar-refractivity contribution in [3.05, 3.63) is 60.0 Å². The Morgan fingerprint density at radius 1 is 1.40 bits per heavy atom. The lowest BCUT2D eigenvalue weighted by Crippen LogP contribution is -2.28. The lowest BCUT2D eigenvalue weighted by atomic mass is 9.95. The zero-order valence-corrected chi connectivity index (χ0v) is 17.5. The summed E-state index contributed by atoms with van der Waals surface area (Å²) in [6.45, 7) is 6.43. The minimum atomic E-state index is -0.332. The first kappa shape index (κ1) is 22.9. The van der Waals surface area contributed by atoms with Gasteiger partial charge in [0.15, 0.2) is 0 Å². The molecule has 0 unspecified atom stereocenters. The molecule has 2 aliphatic rings. The zero-order chi connectivity index (χ0) is 22.0. The van der Waals surface area contributed by atoms with E-state index >= 15 is 0 Å². The quantitative estimate of drug-likeness (QED) is 0.746. The number of carbonyl (C=O) groups excluding carboxylic acids is 1. The topological polar surface area (TPSA) is 102 Å². The standard InChI is InChI=1S/C14H16N2O2.C9H11N3/c1-2-16-13(17)10-18-14(6-7-14)12-5-3-4-11(8-12)9-15;1-3-12(2)9-5-4-8(6-10)7-11-9/h2,5,8H,1,3-4,6-7,10H2,(H,16,17);4-5,7H,3H2,1-2H3. The number of rotatable bonds is 7. The van der Waals surface area contributed by atoms with Crippen molar-refractivity contribution in [1.82, 2.24) is 10.3 Å². The Balaban J connectivity index is 0.000000232. The van der Waals surface area contributed by atoms with E-state index in [1.165, 1.54) is 6.20 Å². The molecular formula is C23H27N5O2. The molecule has 30 heavy (non-hydrogen) atoms. The van der Waals surface area contributed by atoms with Gasteiger partial charge in [-0.25, -0.2) is 4.98 Å². The zero-order valence-electron chi connectivity index (χ0n) is 17.5. The van der Waals surface area contributed by atoms with Crippen molar-refractivity contribution in [3.8, 4) is 12.1 Å². The van der Waals surface area contributed by atoms with Crippen LogP contribution in [0.1, 0.15) is 38.2 Å². The second-order valence-electron chi connectivity index (χ2n) is 7.07. The molecule has 0 saturated heterocycles. The van der Waals surface area contributed by atoms with E-state index in [4.69, 9.17) is 15.3 Å². The third-order valence-corrected chi connectivity index (χ3v) is 4.97. The van der Waals surface area contributed by atoms with Crippen LogP contribution < -0.4 is 10.2 Å². The maximum absolute atomic E-state index is 11.3. The summed E-state index contributed by atoms with van der Waals surface area (Å²) in [5, 5.41) is 19.9. The number of pyridine rings is 1. The molecule has 1 saturated carbocycles. The van der Waals surface area contributed by atoms with Crippen molar-refractivity contribution >= 4 is 11.7 Å². The highest BCUT2D eigenvalue weighted by molar-refractivity contribution is 5.78. The Bertz CT molecular complexity index is 899. The molecule has 3 rings (SSSR count). The van der Waals surface area contributed by atoms with Crippen molar-refractivity contribution in [2.24, 2.45) is 0 Å². The Morgan fingerprint density at radius 2 is 2.17 bits per heavy atom. The second kappa shape index (κ2) is 10.9. The first-order chi connectivity index (χ1) is 14.5. The summed E-state index contributed by atoms with van der Waals surface area (Å²) >= 11 is 0. The average molecular weight is 406 g/mol. The summed E-state index contributed by atoms with van der Waals surface area (Å²) in [4.78, 5) is 17.5. The summed E-state index contributed by atoms with van der Waals surface area (Å²) in [6.07, 6.45) is 10.4. The number of anilines is 1. The van der Waals surface area contributed by atoms with E-state index in [-0.39, 0.29) is 18.1 Å². The Kier molecular flexibility index (Phi) is 8.34. The van der Waals surface area contributed by atoms with Gasteiger partial charge in [0.25, 0.3) is 0 Å². The van der Waals surface area contributed by atoms with Crippen LogP contribution in [0.2, 0.25) is 0 Å². The number of nitriles is 2. The van der Waals surface area contributed by atoms with Crippen LogP contribution in [0.25, 0.3) is 0 Å². The molecule has 0 aliphatic heterocycles. The van der Waals surface area contributed by atoms with Gasteiger partial charge in [0.05, 0.1) is 17.2 Å². The smallest absolute Gasteiger partial charge is 0.249 e. The van der Waals surface area contributed by atoms with Gasteiger partial charge < -0.3 is 15.0 Å². The van der Waals surface area contributed by atoms with Gasteiger partial charge in [0.1, 0.15) is 18.5 Å². The fourth-order valence-electron chi connectivity index (χ4n) is 2.94. The lowest BCUT2D eigenvalue weighted by molar-refractivity contribution is -0.126. The molecule has 1 heterocycles. The number of amides is 1. The van der Waals surface area contributed by atoms with Crippen molar-refractivity contribution in [1.29, 1.82) is 10.5 Å². The molecule has 7 nitrogen and oxygen atoms in total. The van der Waals surface area contributed by atoms with Crippen molar-refractivity contribution < 1.29 is 9.53 Å². The molecule has 7 heteroatoms. The number of hydrogen-bond donors (Lipinski definition) is 1. The SMILES string of the molecule is C=CNC(=O)COC1(C2=CCCC(C#N)=C2)CC1.CCN(C)c1ccc(C#N)cn1. The van der Waals surface area contributed by atoms with E-state index in [1.54, 1.807) is 12.3 Å². The first-order valence-corrected chi connectivity index (χ1v) is 9.90. The number of nitrogens with zero attached hydrogens (tertiary/aromatic N) is 4. The van der Waals surface area contributed by atoms with E-state index in [0.717, 1.165) is 49.2 Å². The fraction of sp³-hybridized carbons (Fsp3) is 0.391. The van der Waals surface area contributed by atoms with Gasteiger partial charge >= 0.3 is 0 Å². The summed E-state index contributed by atoms with van der Waals surface area (Å²) < 4.78 is 5.71. The highest BCUT2D eigenvalue weighted by Gasteiger charge is 2.47. The predicted molar refractivity (Wildman–Crippen MR) is 115 cm³/mol. The summed E-state index contributed by atoms with van der Waals surface area (Å²) in [6, 6.07) is 7.84. The first-order valence-electron chi connectivity index (χ1n) is 9.90. The molecule has 1 N–H and O–H groups in total. The van der Waals surface area contributed by atoms with Gasteiger partial charge in [-0.15, -0.1) is 0 Å². The van der Waals surface area contributed by atoms with Crippen molar-refractivity contribution in [2.45, 2.75) is 38.2 Å². The molecule has 1 amide bonds. The normalized spacial score (nSPS) is 15.7. The molecule has 0 spiro atoms. The minimum Gasteiger partial charge on any atom is -0.360 e. The van der Waals surface area contributed by atoms with E-state index in [9.17, 15) is 4.79 Å². The summed E-state index contributed by atoms with van der Waals surface area (Å²) in [7, 11) is 1.97. The average Bonchev–Trinajstić information content (AvgIpc) is 3.59. The Hall–Kier alpha value is -3.42. The van der Waals surface area contributed by atoms with Gasteiger partial charge in [0.2, 0.25) is 5.91 Å². The number of aromatic nitrogens is 1. The van der Waals surface area contributed by atoms with E-state index in [2.05, 4.69) is 35.9 Å². The van der Waals surface area contributed by atoms with Crippen LogP contribution in [0.4, 0.5) is 5.82 Å². The number of hydrogen-bond acceptors (Lipinski definition) is 6. The van der Waals surface area contributed by atoms with Gasteiger partial charge in [-0.2, -0.15) is 10.5 Å². The maximum atomic E-state index is 11.3. The lowest BCUT2D eigenvalue weighted by Gasteiger charge is -2.20. The van der Waals surface area contributed by atoms with Crippen LogP contribution in [-0.4, -0.2) is 36.7 Å². The van der Waals surface area contributed by atoms with Gasteiger partial charge in [-0.05, 0) is 62.6 Å². The predicted octanol–water partition coefficient (Wildman–Crippen LogP) is 3.37. The molecule has 0 atom stereocenters. The number of allylic oxidation sites excluding steroid dienone is 2. The summed E-state index contributed by atoms with van der Waals surface area (Å²) in [5.41, 5.74) is 2.11. The van der Waals surface area contributed by atoms with Gasteiger partial charge in [0, 0.05) is 25.4 Å². The van der Waals surface area contributed by atoms with Crippen molar-refractivity contribution in [3.63, 3.8) is 0 Å². The van der Waals surface area contributed by atoms with Crippen LogP contribution in [-0.2, 0) is 9.53 Å².